The van der Waals surface area contributed by atoms with Gasteiger partial charge < -0.3 is 19.5 Å². The van der Waals surface area contributed by atoms with Crippen LogP contribution in [0.3, 0.4) is 0 Å². The van der Waals surface area contributed by atoms with E-state index < -0.39 is 5.97 Å². The van der Waals surface area contributed by atoms with Crippen molar-refractivity contribution in [2.24, 2.45) is 0 Å². The number of rotatable bonds is 8. The molecule has 1 amide bonds. The molecule has 0 bridgehead atoms. The Labute approximate surface area is 183 Å². The van der Waals surface area contributed by atoms with Gasteiger partial charge in [-0.2, -0.15) is 0 Å². The van der Waals surface area contributed by atoms with Gasteiger partial charge in [-0.25, -0.2) is 9.18 Å². The summed E-state index contributed by atoms with van der Waals surface area (Å²) < 4.78 is 29.0. The molecule has 0 radical (unpaired) electrons. The molecular formula is C23H22FNO5S. The molecule has 0 saturated carbocycles. The summed E-state index contributed by atoms with van der Waals surface area (Å²) in [5, 5.41) is 4.92. The summed E-state index contributed by atoms with van der Waals surface area (Å²) in [5.74, 6) is -0.136. The molecule has 1 aromatic heterocycles. The van der Waals surface area contributed by atoms with Crippen LogP contribution in [0.25, 0.3) is 11.1 Å². The van der Waals surface area contributed by atoms with E-state index in [1.807, 2.05) is 0 Å². The molecule has 3 aromatic rings. The number of carbonyl (C=O) groups is 2. The molecule has 162 valence electrons. The summed E-state index contributed by atoms with van der Waals surface area (Å²) in [7, 11) is 3.06. The van der Waals surface area contributed by atoms with Crippen LogP contribution in [0.4, 0.5) is 9.39 Å². The smallest absolute Gasteiger partial charge is 0.341 e. The molecule has 0 fully saturated rings. The van der Waals surface area contributed by atoms with Crippen molar-refractivity contribution in [2.45, 2.75) is 13.3 Å². The highest BCUT2D eigenvalue weighted by molar-refractivity contribution is 7.15. The van der Waals surface area contributed by atoms with Gasteiger partial charge in [0.05, 0.1) is 27.2 Å². The molecule has 3 rings (SSSR count). The van der Waals surface area contributed by atoms with E-state index in [1.54, 1.807) is 42.6 Å². The minimum atomic E-state index is -0.551. The fourth-order valence-electron chi connectivity index (χ4n) is 3.04. The minimum absolute atomic E-state index is 0.0758. The number of anilines is 1. The van der Waals surface area contributed by atoms with Crippen molar-refractivity contribution in [3.05, 3.63) is 64.8 Å². The van der Waals surface area contributed by atoms with Crippen LogP contribution in [0.1, 0.15) is 22.8 Å². The van der Waals surface area contributed by atoms with Gasteiger partial charge in [0.25, 0.3) is 0 Å². The quantitative estimate of drug-likeness (QED) is 0.500. The first-order valence-electron chi connectivity index (χ1n) is 9.52. The van der Waals surface area contributed by atoms with E-state index in [-0.39, 0.29) is 30.3 Å². The zero-order valence-corrected chi connectivity index (χ0v) is 18.2. The molecule has 0 unspecified atom stereocenters. The summed E-state index contributed by atoms with van der Waals surface area (Å²) in [6.45, 7) is 1.90. The lowest BCUT2D eigenvalue weighted by atomic mass is 10.0. The summed E-state index contributed by atoms with van der Waals surface area (Å²) in [6, 6.07) is 11.0. The van der Waals surface area contributed by atoms with Crippen LogP contribution in [0.5, 0.6) is 11.5 Å². The first-order chi connectivity index (χ1) is 15.0. The highest BCUT2D eigenvalue weighted by atomic mass is 32.1. The maximum Gasteiger partial charge on any atom is 0.341 e. The summed E-state index contributed by atoms with van der Waals surface area (Å²) >= 11 is 1.21. The minimum Gasteiger partial charge on any atom is -0.493 e. The van der Waals surface area contributed by atoms with E-state index in [4.69, 9.17) is 14.2 Å². The van der Waals surface area contributed by atoms with Crippen LogP contribution in [-0.4, -0.2) is 32.7 Å². The maximum atomic E-state index is 13.3. The van der Waals surface area contributed by atoms with Crippen LogP contribution in [0, 0.1) is 5.82 Å². The molecule has 0 aliphatic heterocycles. The Morgan fingerprint density at radius 2 is 1.74 bits per heavy atom. The Balaban J connectivity index is 1.86. The number of hydrogen-bond acceptors (Lipinski definition) is 6. The molecule has 0 saturated heterocycles. The molecule has 1 N–H and O–H groups in total. The monoisotopic (exact) mass is 443 g/mol. The number of amides is 1. The number of carbonyl (C=O) groups excluding carboxylic acids is 2. The summed E-state index contributed by atoms with van der Waals surface area (Å²) in [5.41, 5.74) is 2.20. The first-order valence-corrected chi connectivity index (χ1v) is 10.4. The van der Waals surface area contributed by atoms with Crippen molar-refractivity contribution in [1.29, 1.82) is 0 Å². The lowest BCUT2D eigenvalue weighted by molar-refractivity contribution is -0.115. The number of esters is 1. The number of methoxy groups -OCH3 is 2. The Kier molecular flexibility index (Phi) is 7.25. The molecule has 0 atom stereocenters. The maximum absolute atomic E-state index is 13.3. The van der Waals surface area contributed by atoms with Gasteiger partial charge in [-0.3, -0.25) is 4.79 Å². The number of hydrogen-bond donors (Lipinski definition) is 1. The Morgan fingerprint density at radius 1 is 1.03 bits per heavy atom. The molecule has 0 aliphatic rings. The third-order valence-electron chi connectivity index (χ3n) is 4.49. The second-order valence-corrected chi connectivity index (χ2v) is 7.37. The van der Waals surface area contributed by atoms with E-state index in [0.717, 1.165) is 5.56 Å². The number of halogens is 1. The van der Waals surface area contributed by atoms with Gasteiger partial charge in [-0.05, 0) is 42.3 Å². The normalized spacial score (nSPS) is 10.5. The molecular weight excluding hydrogens is 421 g/mol. The standard InChI is InChI=1S/C23H22FNO5S/c1-4-30-23(27)21-17(15-6-8-16(24)9-7-15)13-31-22(21)25-20(26)12-14-5-10-18(28-2)19(11-14)29-3/h5-11,13H,4,12H2,1-3H3,(H,25,26). The van der Waals surface area contributed by atoms with E-state index in [0.29, 0.717) is 27.6 Å². The fraction of sp³-hybridized carbons (Fsp3) is 0.217. The SMILES string of the molecule is CCOC(=O)c1c(-c2ccc(F)cc2)csc1NC(=O)Cc1ccc(OC)c(OC)c1. The van der Waals surface area contributed by atoms with Crippen molar-refractivity contribution in [3.63, 3.8) is 0 Å². The molecule has 31 heavy (non-hydrogen) atoms. The molecule has 0 aliphatic carbocycles. The third kappa shape index (κ3) is 5.21. The molecule has 2 aromatic carbocycles. The predicted molar refractivity (Wildman–Crippen MR) is 118 cm³/mol. The van der Waals surface area contributed by atoms with Gasteiger partial charge in [-0.15, -0.1) is 11.3 Å². The second kappa shape index (κ2) is 10.1. The van der Waals surface area contributed by atoms with E-state index in [1.165, 1.54) is 37.7 Å². The van der Waals surface area contributed by atoms with E-state index in [9.17, 15) is 14.0 Å². The lowest BCUT2D eigenvalue weighted by Gasteiger charge is -2.11. The lowest BCUT2D eigenvalue weighted by Crippen LogP contribution is -2.16. The highest BCUT2D eigenvalue weighted by Gasteiger charge is 2.23. The molecule has 6 nitrogen and oxygen atoms in total. The van der Waals surface area contributed by atoms with Crippen LogP contribution in [-0.2, 0) is 16.0 Å². The van der Waals surface area contributed by atoms with Gasteiger partial charge >= 0.3 is 5.97 Å². The summed E-state index contributed by atoms with van der Waals surface area (Å²) in [4.78, 5) is 25.3. The predicted octanol–water partition coefficient (Wildman–Crippen LogP) is 4.93. The van der Waals surface area contributed by atoms with Crippen molar-refractivity contribution < 1.29 is 28.2 Å². The van der Waals surface area contributed by atoms with E-state index in [2.05, 4.69) is 5.32 Å². The zero-order chi connectivity index (χ0) is 22.4. The van der Waals surface area contributed by atoms with Gasteiger partial charge in [0.15, 0.2) is 11.5 Å². The Morgan fingerprint density at radius 3 is 2.39 bits per heavy atom. The zero-order valence-electron chi connectivity index (χ0n) is 17.4. The van der Waals surface area contributed by atoms with Crippen molar-refractivity contribution in [1.82, 2.24) is 0 Å². The largest absolute Gasteiger partial charge is 0.493 e. The number of nitrogens with one attached hydrogen (secondary N) is 1. The molecule has 0 spiro atoms. The van der Waals surface area contributed by atoms with Crippen LogP contribution in [0.15, 0.2) is 47.8 Å². The number of thiophene rings is 1. The van der Waals surface area contributed by atoms with Crippen molar-refractivity contribution in [2.75, 3.05) is 26.1 Å². The van der Waals surface area contributed by atoms with Gasteiger partial charge in [0.1, 0.15) is 16.4 Å². The number of benzene rings is 2. The van der Waals surface area contributed by atoms with Crippen LogP contribution >= 0.6 is 11.3 Å². The topological polar surface area (TPSA) is 73.9 Å². The van der Waals surface area contributed by atoms with Gasteiger partial charge in [-0.1, -0.05) is 18.2 Å². The Hall–Kier alpha value is -3.39. The molecule has 1 heterocycles. The Bertz CT molecular complexity index is 1080. The van der Waals surface area contributed by atoms with Gasteiger partial charge in [0, 0.05) is 10.9 Å². The summed E-state index contributed by atoms with van der Waals surface area (Å²) in [6.07, 6.45) is 0.0758. The number of ether oxygens (including phenoxy) is 3. The first kappa shape index (κ1) is 22.3. The van der Waals surface area contributed by atoms with Gasteiger partial charge in [0.2, 0.25) is 5.91 Å². The fourth-order valence-corrected chi connectivity index (χ4v) is 4.02. The second-order valence-electron chi connectivity index (χ2n) is 6.50. The third-order valence-corrected chi connectivity index (χ3v) is 5.39. The van der Waals surface area contributed by atoms with Crippen LogP contribution < -0.4 is 14.8 Å². The van der Waals surface area contributed by atoms with Crippen molar-refractivity contribution >= 4 is 28.2 Å². The highest BCUT2D eigenvalue weighted by Crippen LogP contribution is 2.36. The average molecular weight is 443 g/mol. The van der Waals surface area contributed by atoms with E-state index >= 15 is 0 Å². The van der Waals surface area contributed by atoms with Crippen LogP contribution in [0.2, 0.25) is 0 Å². The average Bonchev–Trinajstić information content (AvgIpc) is 3.17. The molecule has 8 heteroatoms. The van der Waals surface area contributed by atoms with Crippen molar-refractivity contribution in [3.8, 4) is 22.6 Å².